The number of nitrogens with zero attached hydrogens (tertiary/aromatic N) is 2. The van der Waals surface area contributed by atoms with Crippen LogP contribution in [0.15, 0.2) is 24.4 Å². The van der Waals surface area contributed by atoms with Gasteiger partial charge in [-0.15, -0.1) is 0 Å². The number of hydrogen-bond acceptors (Lipinski definition) is 2. The third-order valence-corrected chi connectivity index (χ3v) is 3.21. The quantitative estimate of drug-likeness (QED) is 0.929. The smallest absolute Gasteiger partial charge is 0.128 e. The van der Waals surface area contributed by atoms with Crippen LogP contribution in [0.3, 0.4) is 0 Å². The molecule has 0 saturated heterocycles. The van der Waals surface area contributed by atoms with Gasteiger partial charge >= 0.3 is 0 Å². The van der Waals surface area contributed by atoms with E-state index in [1.807, 2.05) is 19.9 Å². The first-order chi connectivity index (χ1) is 8.54. The van der Waals surface area contributed by atoms with E-state index in [-0.39, 0.29) is 5.82 Å². The molecular formula is C13H15ClFN3. The molecule has 1 aromatic heterocycles. The Labute approximate surface area is 110 Å². The van der Waals surface area contributed by atoms with Crippen molar-refractivity contribution in [3.05, 3.63) is 52.1 Å². The molecule has 96 valence electrons. The van der Waals surface area contributed by atoms with Crippen molar-refractivity contribution in [3.8, 4) is 0 Å². The molecule has 0 saturated carbocycles. The molecule has 2 aromatic rings. The molecule has 18 heavy (non-hydrogen) atoms. The minimum atomic E-state index is -0.611. The Kier molecular flexibility index (Phi) is 3.68. The van der Waals surface area contributed by atoms with Gasteiger partial charge in [-0.05, 0) is 25.5 Å². The van der Waals surface area contributed by atoms with Crippen LogP contribution < -0.4 is 5.73 Å². The Morgan fingerprint density at radius 1 is 1.50 bits per heavy atom. The summed E-state index contributed by atoms with van der Waals surface area (Å²) in [5.41, 5.74) is 8.03. The highest BCUT2D eigenvalue weighted by molar-refractivity contribution is 6.31. The van der Waals surface area contributed by atoms with E-state index in [1.54, 1.807) is 10.7 Å². The lowest BCUT2D eigenvalue weighted by Crippen LogP contribution is -2.19. The number of aryl methyl sites for hydroxylation is 2. The van der Waals surface area contributed by atoms with Crippen LogP contribution in [0.25, 0.3) is 0 Å². The van der Waals surface area contributed by atoms with Crippen LogP contribution in [-0.4, -0.2) is 9.78 Å². The topological polar surface area (TPSA) is 43.8 Å². The summed E-state index contributed by atoms with van der Waals surface area (Å²) in [6.45, 7) is 4.41. The first-order valence-corrected chi connectivity index (χ1v) is 6.15. The van der Waals surface area contributed by atoms with E-state index in [2.05, 4.69) is 5.10 Å². The van der Waals surface area contributed by atoms with Crippen molar-refractivity contribution in [2.75, 3.05) is 0 Å². The summed E-state index contributed by atoms with van der Waals surface area (Å²) >= 11 is 6.07. The van der Waals surface area contributed by atoms with E-state index >= 15 is 0 Å². The third kappa shape index (κ3) is 2.26. The molecule has 0 radical (unpaired) electrons. The zero-order chi connectivity index (χ0) is 13.3. The number of benzene rings is 1. The Hall–Kier alpha value is -1.39. The van der Waals surface area contributed by atoms with Crippen molar-refractivity contribution in [2.24, 2.45) is 5.73 Å². The SMILES string of the molecule is CCn1ncc(Cl)c1C(N)c1ccc(C)cc1F. The molecule has 0 aliphatic carbocycles. The highest BCUT2D eigenvalue weighted by Gasteiger charge is 2.20. The minimum Gasteiger partial charge on any atom is -0.319 e. The van der Waals surface area contributed by atoms with E-state index in [9.17, 15) is 4.39 Å². The molecule has 0 aliphatic rings. The predicted octanol–water partition coefficient (Wildman–Crippen LogP) is 3.05. The summed E-state index contributed by atoms with van der Waals surface area (Å²) in [4.78, 5) is 0. The van der Waals surface area contributed by atoms with Crippen molar-refractivity contribution in [3.63, 3.8) is 0 Å². The van der Waals surface area contributed by atoms with Crippen molar-refractivity contribution in [1.82, 2.24) is 9.78 Å². The van der Waals surface area contributed by atoms with E-state index in [0.717, 1.165) is 5.56 Å². The molecule has 5 heteroatoms. The van der Waals surface area contributed by atoms with Gasteiger partial charge in [0.2, 0.25) is 0 Å². The van der Waals surface area contributed by atoms with Gasteiger partial charge in [0.05, 0.1) is 23.0 Å². The molecule has 0 amide bonds. The van der Waals surface area contributed by atoms with E-state index < -0.39 is 6.04 Å². The van der Waals surface area contributed by atoms with Crippen LogP contribution in [0.1, 0.15) is 29.8 Å². The number of hydrogen-bond donors (Lipinski definition) is 1. The van der Waals surface area contributed by atoms with Crippen molar-refractivity contribution < 1.29 is 4.39 Å². The Bertz CT molecular complexity index is 565. The van der Waals surface area contributed by atoms with Crippen LogP contribution >= 0.6 is 11.6 Å². The maximum atomic E-state index is 13.9. The Morgan fingerprint density at radius 2 is 2.22 bits per heavy atom. The molecule has 1 heterocycles. The van der Waals surface area contributed by atoms with Gasteiger partial charge in [0.15, 0.2) is 0 Å². The van der Waals surface area contributed by atoms with Gasteiger partial charge in [-0.3, -0.25) is 4.68 Å². The molecule has 0 bridgehead atoms. The van der Waals surface area contributed by atoms with Gasteiger partial charge in [0, 0.05) is 12.1 Å². The summed E-state index contributed by atoms with van der Waals surface area (Å²) in [7, 11) is 0. The molecule has 1 atom stereocenters. The molecule has 0 fully saturated rings. The normalized spacial score (nSPS) is 12.7. The van der Waals surface area contributed by atoms with Crippen LogP contribution in [0.4, 0.5) is 4.39 Å². The lowest BCUT2D eigenvalue weighted by molar-refractivity contribution is 0.567. The Morgan fingerprint density at radius 3 is 2.83 bits per heavy atom. The van der Waals surface area contributed by atoms with E-state index in [4.69, 9.17) is 17.3 Å². The average molecular weight is 268 g/mol. The van der Waals surface area contributed by atoms with Gasteiger partial charge in [-0.1, -0.05) is 23.7 Å². The van der Waals surface area contributed by atoms with Gasteiger partial charge in [-0.25, -0.2) is 4.39 Å². The zero-order valence-corrected chi connectivity index (χ0v) is 11.1. The molecule has 2 rings (SSSR count). The maximum absolute atomic E-state index is 13.9. The molecule has 1 unspecified atom stereocenters. The van der Waals surface area contributed by atoms with E-state index in [1.165, 1.54) is 12.3 Å². The van der Waals surface area contributed by atoms with Crippen molar-refractivity contribution in [2.45, 2.75) is 26.4 Å². The monoisotopic (exact) mass is 267 g/mol. The number of halogens is 2. The summed E-state index contributed by atoms with van der Waals surface area (Å²) in [5, 5.41) is 4.57. The fraction of sp³-hybridized carbons (Fsp3) is 0.308. The van der Waals surface area contributed by atoms with E-state index in [0.29, 0.717) is 22.8 Å². The van der Waals surface area contributed by atoms with Gasteiger partial charge < -0.3 is 5.73 Å². The standard InChI is InChI=1S/C13H15ClFN3/c1-3-18-13(10(14)7-17-18)12(16)9-5-4-8(2)6-11(9)15/h4-7,12H,3,16H2,1-2H3. The Balaban J connectivity index is 2.47. The number of rotatable bonds is 3. The number of nitrogens with two attached hydrogens (primary N) is 1. The molecule has 1 aromatic carbocycles. The molecule has 0 spiro atoms. The second-order valence-electron chi connectivity index (χ2n) is 4.20. The van der Waals surface area contributed by atoms with Crippen molar-refractivity contribution in [1.29, 1.82) is 0 Å². The summed E-state index contributed by atoms with van der Waals surface area (Å²) in [6, 6.07) is 4.38. The first kappa shape index (κ1) is 13.1. The largest absolute Gasteiger partial charge is 0.319 e. The van der Waals surface area contributed by atoms with Crippen LogP contribution in [0.5, 0.6) is 0 Å². The van der Waals surface area contributed by atoms with Crippen LogP contribution in [0.2, 0.25) is 5.02 Å². The second kappa shape index (κ2) is 5.08. The lowest BCUT2D eigenvalue weighted by atomic mass is 10.0. The second-order valence-corrected chi connectivity index (χ2v) is 4.60. The molecular weight excluding hydrogens is 253 g/mol. The highest BCUT2D eigenvalue weighted by Crippen LogP contribution is 2.28. The first-order valence-electron chi connectivity index (χ1n) is 5.77. The fourth-order valence-electron chi connectivity index (χ4n) is 1.96. The fourth-order valence-corrected chi connectivity index (χ4v) is 2.22. The van der Waals surface area contributed by atoms with Gasteiger partial charge in [-0.2, -0.15) is 5.10 Å². The molecule has 2 N–H and O–H groups in total. The summed E-state index contributed by atoms with van der Waals surface area (Å²) in [5.74, 6) is -0.317. The minimum absolute atomic E-state index is 0.317. The van der Waals surface area contributed by atoms with Gasteiger partial charge in [0.25, 0.3) is 0 Å². The summed E-state index contributed by atoms with van der Waals surface area (Å²) in [6.07, 6.45) is 1.53. The maximum Gasteiger partial charge on any atom is 0.128 e. The van der Waals surface area contributed by atoms with Crippen LogP contribution in [-0.2, 0) is 6.54 Å². The summed E-state index contributed by atoms with van der Waals surface area (Å²) < 4.78 is 15.6. The van der Waals surface area contributed by atoms with Gasteiger partial charge in [0.1, 0.15) is 5.82 Å². The number of aromatic nitrogens is 2. The zero-order valence-electron chi connectivity index (χ0n) is 10.3. The van der Waals surface area contributed by atoms with Crippen LogP contribution in [0, 0.1) is 12.7 Å². The average Bonchev–Trinajstić information content (AvgIpc) is 2.69. The predicted molar refractivity (Wildman–Crippen MR) is 70.1 cm³/mol. The molecule has 3 nitrogen and oxygen atoms in total. The molecule has 0 aliphatic heterocycles. The highest BCUT2D eigenvalue weighted by atomic mass is 35.5. The van der Waals surface area contributed by atoms with Crippen molar-refractivity contribution >= 4 is 11.6 Å². The lowest BCUT2D eigenvalue weighted by Gasteiger charge is -2.15. The third-order valence-electron chi connectivity index (χ3n) is 2.92.